The van der Waals surface area contributed by atoms with E-state index in [-0.39, 0.29) is 5.91 Å². The number of hydrogen-bond donors (Lipinski definition) is 2. The zero-order valence-corrected chi connectivity index (χ0v) is 11.1. The van der Waals surface area contributed by atoms with Gasteiger partial charge in [0, 0.05) is 38.4 Å². The Bertz CT molecular complexity index is 564. The van der Waals surface area contributed by atoms with Crippen LogP contribution in [-0.4, -0.2) is 27.0 Å². The molecule has 2 N–H and O–H groups in total. The molecule has 1 amide bonds. The maximum atomic E-state index is 12.1. The molecule has 0 spiro atoms. The Morgan fingerprint density at radius 3 is 2.95 bits per heavy atom. The van der Waals surface area contributed by atoms with E-state index in [1.165, 1.54) is 0 Å². The van der Waals surface area contributed by atoms with E-state index in [9.17, 15) is 4.79 Å². The van der Waals surface area contributed by atoms with Gasteiger partial charge in [0.1, 0.15) is 5.82 Å². The maximum absolute atomic E-state index is 12.1. The number of hydrogen-bond acceptors (Lipinski definition) is 4. The fourth-order valence-electron chi connectivity index (χ4n) is 1.74. The van der Waals surface area contributed by atoms with Crippen molar-refractivity contribution in [3.63, 3.8) is 0 Å². The topological polar surface area (TPSA) is 71.8 Å². The van der Waals surface area contributed by atoms with Crippen LogP contribution in [0.25, 0.3) is 0 Å². The molecule has 2 aromatic rings. The summed E-state index contributed by atoms with van der Waals surface area (Å²) in [5.41, 5.74) is 1.33. The molecule has 19 heavy (non-hydrogen) atoms. The van der Waals surface area contributed by atoms with E-state index in [1.54, 1.807) is 24.7 Å². The van der Waals surface area contributed by atoms with Gasteiger partial charge in [-0.15, -0.1) is 0 Å². The minimum absolute atomic E-state index is 0.160. The average molecular weight is 259 g/mol. The quantitative estimate of drug-likeness (QED) is 0.845. The number of imidazole rings is 1. The second kappa shape index (κ2) is 5.99. The fraction of sp³-hybridized carbons (Fsp3) is 0.308. The highest BCUT2D eigenvalue weighted by atomic mass is 16.1. The van der Waals surface area contributed by atoms with Crippen LogP contribution in [0.1, 0.15) is 23.1 Å². The van der Waals surface area contributed by atoms with Crippen LogP contribution in [0.4, 0.5) is 5.69 Å². The molecule has 0 aliphatic heterocycles. The Hall–Kier alpha value is -2.37. The lowest BCUT2D eigenvalue weighted by atomic mass is 10.2. The van der Waals surface area contributed by atoms with E-state index >= 15 is 0 Å². The van der Waals surface area contributed by atoms with Crippen LogP contribution in [0.15, 0.2) is 30.9 Å². The number of carbonyl (C=O) groups excluding carboxylic acids is 1. The van der Waals surface area contributed by atoms with Gasteiger partial charge in [0.25, 0.3) is 5.91 Å². The molecule has 0 unspecified atom stereocenters. The first-order valence-corrected chi connectivity index (χ1v) is 6.14. The molecular weight excluding hydrogens is 242 g/mol. The van der Waals surface area contributed by atoms with Crippen LogP contribution >= 0.6 is 0 Å². The van der Waals surface area contributed by atoms with Crippen LogP contribution in [0.3, 0.4) is 0 Å². The first kappa shape index (κ1) is 13.1. The molecule has 0 aliphatic carbocycles. The summed E-state index contributed by atoms with van der Waals surface area (Å²) in [5, 5.41) is 5.98. The summed E-state index contributed by atoms with van der Waals surface area (Å²) in [5.74, 6) is 0.647. The van der Waals surface area contributed by atoms with Crippen molar-refractivity contribution in [1.82, 2.24) is 19.9 Å². The number of nitrogens with zero attached hydrogens (tertiary/aromatic N) is 3. The van der Waals surface area contributed by atoms with Gasteiger partial charge < -0.3 is 15.2 Å². The Morgan fingerprint density at radius 2 is 2.26 bits per heavy atom. The number of aromatic nitrogens is 3. The van der Waals surface area contributed by atoms with Crippen LogP contribution in [0.5, 0.6) is 0 Å². The molecule has 0 saturated heterocycles. The van der Waals surface area contributed by atoms with Crippen molar-refractivity contribution in [2.24, 2.45) is 7.05 Å². The van der Waals surface area contributed by atoms with E-state index in [0.29, 0.717) is 12.1 Å². The van der Waals surface area contributed by atoms with Crippen molar-refractivity contribution in [2.75, 3.05) is 11.9 Å². The van der Waals surface area contributed by atoms with E-state index in [4.69, 9.17) is 0 Å². The molecule has 0 fully saturated rings. The highest BCUT2D eigenvalue weighted by molar-refractivity contribution is 5.99. The third kappa shape index (κ3) is 3.09. The Morgan fingerprint density at radius 1 is 1.42 bits per heavy atom. The molecule has 2 heterocycles. The summed E-state index contributed by atoms with van der Waals surface area (Å²) < 4.78 is 1.87. The molecular formula is C13H17N5O. The first-order valence-electron chi connectivity index (χ1n) is 6.14. The molecule has 0 saturated carbocycles. The van der Waals surface area contributed by atoms with Crippen molar-refractivity contribution in [1.29, 1.82) is 0 Å². The van der Waals surface area contributed by atoms with Gasteiger partial charge in [-0.25, -0.2) is 4.98 Å². The standard InChI is InChI=1S/C13H17N5O/c1-3-15-11-4-5-14-8-10(11)13(19)17-9-12-16-6-7-18(12)2/h4-8H,3,9H2,1-2H3,(H,14,15)(H,17,19). The van der Waals surface area contributed by atoms with E-state index in [0.717, 1.165) is 18.1 Å². The zero-order valence-electron chi connectivity index (χ0n) is 11.1. The number of rotatable bonds is 5. The smallest absolute Gasteiger partial charge is 0.255 e. The SMILES string of the molecule is CCNc1ccncc1C(=O)NCc1nccn1C. The normalized spacial score (nSPS) is 10.2. The molecule has 0 aliphatic rings. The first-order chi connectivity index (χ1) is 9.22. The summed E-state index contributed by atoms with van der Waals surface area (Å²) in [6.07, 6.45) is 6.77. The minimum Gasteiger partial charge on any atom is -0.385 e. The number of anilines is 1. The van der Waals surface area contributed by atoms with Gasteiger partial charge >= 0.3 is 0 Å². The predicted molar refractivity (Wildman–Crippen MR) is 72.8 cm³/mol. The monoisotopic (exact) mass is 259 g/mol. The summed E-state index contributed by atoms with van der Waals surface area (Å²) in [6, 6.07) is 1.79. The van der Waals surface area contributed by atoms with Gasteiger partial charge in [0.15, 0.2) is 0 Å². The minimum atomic E-state index is -0.160. The number of nitrogens with one attached hydrogen (secondary N) is 2. The molecule has 2 aromatic heterocycles. The molecule has 0 aromatic carbocycles. The Balaban J connectivity index is 2.06. The van der Waals surface area contributed by atoms with Gasteiger partial charge in [-0.2, -0.15) is 0 Å². The van der Waals surface area contributed by atoms with Gasteiger partial charge in [0.2, 0.25) is 0 Å². The van der Waals surface area contributed by atoms with Crippen LogP contribution in [-0.2, 0) is 13.6 Å². The Labute approximate surface area is 111 Å². The number of pyridine rings is 1. The molecule has 100 valence electrons. The molecule has 0 bridgehead atoms. The molecule has 2 rings (SSSR count). The lowest BCUT2D eigenvalue weighted by Gasteiger charge is -2.10. The van der Waals surface area contributed by atoms with Crippen molar-refractivity contribution >= 4 is 11.6 Å². The summed E-state index contributed by atoms with van der Waals surface area (Å²) in [4.78, 5) is 20.3. The van der Waals surface area contributed by atoms with Crippen LogP contribution in [0, 0.1) is 0 Å². The number of amides is 1. The van der Waals surface area contributed by atoms with Crippen LogP contribution in [0.2, 0.25) is 0 Å². The fourth-order valence-corrected chi connectivity index (χ4v) is 1.74. The van der Waals surface area contributed by atoms with Crippen LogP contribution < -0.4 is 10.6 Å². The van der Waals surface area contributed by atoms with Crippen molar-refractivity contribution < 1.29 is 4.79 Å². The number of carbonyl (C=O) groups is 1. The van der Waals surface area contributed by atoms with E-state index in [1.807, 2.05) is 24.7 Å². The van der Waals surface area contributed by atoms with Crippen molar-refractivity contribution in [2.45, 2.75) is 13.5 Å². The predicted octanol–water partition coefficient (Wildman–Crippen LogP) is 1.18. The van der Waals surface area contributed by atoms with Gasteiger partial charge in [-0.3, -0.25) is 9.78 Å². The third-order valence-corrected chi connectivity index (χ3v) is 2.76. The average Bonchev–Trinajstić information content (AvgIpc) is 2.82. The Kier molecular flexibility index (Phi) is 4.12. The summed E-state index contributed by atoms with van der Waals surface area (Å²) in [7, 11) is 1.89. The molecule has 6 nitrogen and oxygen atoms in total. The second-order valence-electron chi connectivity index (χ2n) is 4.09. The summed E-state index contributed by atoms with van der Waals surface area (Å²) in [6.45, 7) is 3.13. The molecule has 6 heteroatoms. The maximum Gasteiger partial charge on any atom is 0.255 e. The highest BCUT2D eigenvalue weighted by Crippen LogP contribution is 2.13. The largest absolute Gasteiger partial charge is 0.385 e. The van der Waals surface area contributed by atoms with E-state index < -0.39 is 0 Å². The zero-order chi connectivity index (χ0) is 13.7. The van der Waals surface area contributed by atoms with Gasteiger partial charge in [0.05, 0.1) is 17.8 Å². The lowest BCUT2D eigenvalue weighted by Crippen LogP contribution is -2.25. The molecule has 0 radical (unpaired) electrons. The van der Waals surface area contributed by atoms with E-state index in [2.05, 4.69) is 20.6 Å². The van der Waals surface area contributed by atoms with Gasteiger partial charge in [-0.05, 0) is 13.0 Å². The highest BCUT2D eigenvalue weighted by Gasteiger charge is 2.11. The second-order valence-corrected chi connectivity index (χ2v) is 4.09. The van der Waals surface area contributed by atoms with Gasteiger partial charge in [-0.1, -0.05) is 0 Å². The number of aryl methyl sites for hydroxylation is 1. The lowest BCUT2D eigenvalue weighted by molar-refractivity contribution is 0.0950. The van der Waals surface area contributed by atoms with Crippen molar-refractivity contribution in [3.8, 4) is 0 Å². The summed E-state index contributed by atoms with van der Waals surface area (Å²) >= 11 is 0. The van der Waals surface area contributed by atoms with Crippen molar-refractivity contribution in [3.05, 3.63) is 42.2 Å². The molecule has 0 atom stereocenters. The third-order valence-electron chi connectivity index (χ3n) is 2.76.